The smallest absolute Gasteiger partial charge is 0.235 e. The maximum Gasteiger partial charge on any atom is 0.235 e. The van der Waals surface area contributed by atoms with Gasteiger partial charge in [0, 0.05) is 13.1 Å². The van der Waals surface area contributed by atoms with Crippen LogP contribution in [0.2, 0.25) is 0 Å². The highest BCUT2D eigenvalue weighted by molar-refractivity contribution is 7.81. The molecule has 0 N–H and O–H groups in total. The van der Waals surface area contributed by atoms with Gasteiger partial charge in [0.25, 0.3) is 0 Å². The van der Waals surface area contributed by atoms with Crippen molar-refractivity contribution in [3.05, 3.63) is 0 Å². The van der Waals surface area contributed by atoms with Crippen molar-refractivity contribution in [3.63, 3.8) is 0 Å². The first kappa shape index (κ1) is 13.9. The number of rotatable bonds is 3. The maximum absolute atomic E-state index is 12.1. The molecule has 3 heteroatoms. The van der Waals surface area contributed by atoms with Crippen molar-refractivity contribution in [1.82, 2.24) is 4.90 Å². The average molecular weight is 243 g/mol. The second-order valence-electron chi connectivity index (χ2n) is 5.56. The summed E-state index contributed by atoms with van der Waals surface area (Å²) in [6, 6.07) is 0.435. The van der Waals surface area contributed by atoms with Crippen molar-refractivity contribution in [2.75, 3.05) is 7.05 Å². The van der Waals surface area contributed by atoms with Crippen molar-refractivity contribution in [1.29, 1.82) is 0 Å². The number of carbonyl (C=O) groups excluding carboxylic acids is 1. The standard InChI is InChI=1S/C13H25NOS/c1-9(2)12(16)13(15)14(4)11-7-5-6-10(3)8-11/h9-12,16H,5-8H2,1-4H3. The van der Waals surface area contributed by atoms with Gasteiger partial charge in [-0.15, -0.1) is 0 Å². The highest BCUT2D eigenvalue weighted by Gasteiger charge is 2.29. The van der Waals surface area contributed by atoms with E-state index in [2.05, 4.69) is 19.6 Å². The summed E-state index contributed by atoms with van der Waals surface area (Å²) in [6.45, 7) is 6.38. The van der Waals surface area contributed by atoms with Crippen LogP contribution >= 0.6 is 12.6 Å². The molecule has 1 amide bonds. The van der Waals surface area contributed by atoms with Crippen molar-refractivity contribution >= 4 is 18.5 Å². The zero-order valence-corrected chi connectivity index (χ0v) is 11.8. The molecule has 1 rings (SSSR count). The molecule has 94 valence electrons. The van der Waals surface area contributed by atoms with Crippen molar-refractivity contribution in [2.24, 2.45) is 11.8 Å². The maximum atomic E-state index is 12.1. The number of hydrogen-bond donors (Lipinski definition) is 1. The summed E-state index contributed by atoms with van der Waals surface area (Å²) in [4.78, 5) is 14.1. The minimum Gasteiger partial charge on any atom is -0.342 e. The van der Waals surface area contributed by atoms with Crippen LogP contribution in [0.1, 0.15) is 46.5 Å². The molecule has 0 aliphatic heterocycles. The predicted octanol–water partition coefficient (Wildman–Crippen LogP) is 2.98. The van der Waals surface area contributed by atoms with Crippen LogP contribution in [0.15, 0.2) is 0 Å². The highest BCUT2D eigenvalue weighted by atomic mass is 32.1. The monoisotopic (exact) mass is 243 g/mol. The molecule has 1 aliphatic carbocycles. The fourth-order valence-corrected chi connectivity index (χ4v) is 2.61. The van der Waals surface area contributed by atoms with Gasteiger partial charge in [-0.3, -0.25) is 4.79 Å². The molecule has 3 atom stereocenters. The Morgan fingerprint density at radius 3 is 2.50 bits per heavy atom. The van der Waals surface area contributed by atoms with E-state index in [0.717, 1.165) is 18.8 Å². The molecule has 0 aromatic rings. The zero-order valence-electron chi connectivity index (χ0n) is 10.9. The molecular formula is C13H25NOS. The fraction of sp³-hybridized carbons (Fsp3) is 0.923. The molecule has 0 spiro atoms. The van der Waals surface area contributed by atoms with E-state index in [-0.39, 0.29) is 11.2 Å². The Bertz CT molecular complexity index is 242. The summed E-state index contributed by atoms with van der Waals surface area (Å²) >= 11 is 4.41. The largest absolute Gasteiger partial charge is 0.342 e. The van der Waals surface area contributed by atoms with Gasteiger partial charge in [-0.05, 0) is 24.7 Å². The second-order valence-corrected chi connectivity index (χ2v) is 6.12. The van der Waals surface area contributed by atoms with Crippen LogP contribution in [-0.2, 0) is 4.79 Å². The quantitative estimate of drug-likeness (QED) is 0.756. The summed E-state index contributed by atoms with van der Waals surface area (Å²) in [6.07, 6.45) is 4.88. The van der Waals surface area contributed by atoms with Crippen LogP contribution in [0.4, 0.5) is 0 Å². The number of nitrogens with zero attached hydrogens (tertiary/aromatic N) is 1. The topological polar surface area (TPSA) is 20.3 Å². The number of amides is 1. The summed E-state index contributed by atoms with van der Waals surface area (Å²) in [5.74, 6) is 1.25. The molecule has 0 bridgehead atoms. The van der Waals surface area contributed by atoms with Crippen molar-refractivity contribution in [3.8, 4) is 0 Å². The molecule has 2 nitrogen and oxygen atoms in total. The van der Waals surface area contributed by atoms with Crippen LogP contribution in [-0.4, -0.2) is 29.1 Å². The van der Waals surface area contributed by atoms with Gasteiger partial charge in [-0.25, -0.2) is 0 Å². The first-order valence-electron chi connectivity index (χ1n) is 6.38. The fourth-order valence-electron chi connectivity index (χ4n) is 2.43. The van der Waals surface area contributed by atoms with Gasteiger partial charge in [-0.2, -0.15) is 12.6 Å². The van der Waals surface area contributed by atoms with Crippen LogP contribution in [0.3, 0.4) is 0 Å². The number of carbonyl (C=O) groups is 1. The molecule has 0 radical (unpaired) electrons. The van der Waals surface area contributed by atoms with Crippen LogP contribution in [0.5, 0.6) is 0 Å². The summed E-state index contributed by atoms with van der Waals surface area (Å²) in [5.41, 5.74) is 0. The first-order chi connectivity index (χ1) is 7.43. The Kier molecular flexibility index (Phi) is 5.16. The van der Waals surface area contributed by atoms with Crippen molar-refractivity contribution < 1.29 is 4.79 Å². The minimum atomic E-state index is -0.151. The minimum absolute atomic E-state index is 0.151. The zero-order chi connectivity index (χ0) is 12.3. The van der Waals surface area contributed by atoms with Gasteiger partial charge in [0.2, 0.25) is 5.91 Å². The lowest BCUT2D eigenvalue weighted by atomic mass is 9.86. The molecule has 1 saturated carbocycles. The van der Waals surface area contributed by atoms with E-state index in [9.17, 15) is 4.79 Å². The van der Waals surface area contributed by atoms with Gasteiger partial charge in [0.05, 0.1) is 5.25 Å². The van der Waals surface area contributed by atoms with Gasteiger partial charge in [0.15, 0.2) is 0 Å². The van der Waals surface area contributed by atoms with Crippen molar-refractivity contribution in [2.45, 2.75) is 57.7 Å². The molecule has 0 aromatic heterocycles. The van der Waals surface area contributed by atoms with Crippen LogP contribution in [0.25, 0.3) is 0 Å². The van der Waals surface area contributed by atoms with Gasteiger partial charge >= 0.3 is 0 Å². The Hall–Kier alpha value is -0.180. The molecular weight excluding hydrogens is 218 g/mol. The van der Waals surface area contributed by atoms with E-state index in [0.29, 0.717) is 12.0 Å². The number of hydrogen-bond acceptors (Lipinski definition) is 2. The van der Waals surface area contributed by atoms with E-state index in [1.54, 1.807) is 0 Å². The molecule has 16 heavy (non-hydrogen) atoms. The summed E-state index contributed by atoms with van der Waals surface area (Å²) in [5, 5.41) is -0.151. The van der Waals surface area contributed by atoms with E-state index >= 15 is 0 Å². The summed E-state index contributed by atoms with van der Waals surface area (Å²) in [7, 11) is 1.94. The molecule has 0 heterocycles. The van der Waals surface area contributed by atoms with Gasteiger partial charge in [0.1, 0.15) is 0 Å². The lowest BCUT2D eigenvalue weighted by Gasteiger charge is -2.35. The number of thiol groups is 1. The van der Waals surface area contributed by atoms with Crippen LogP contribution in [0, 0.1) is 11.8 Å². The van der Waals surface area contributed by atoms with E-state index in [1.807, 2.05) is 25.8 Å². The Morgan fingerprint density at radius 1 is 1.38 bits per heavy atom. The second kappa shape index (κ2) is 5.95. The summed E-state index contributed by atoms with van der Waals surface area (Å²) < 4.78 is 0. The molecule has 0 saturated heterocycles. The SMILES string of the molecule is CC1CCCC(N(C)C(=O)C(S)C(C)C)C1. The van der Waals surface area contributed by atoms with E-state index in [1.165, 1.54) is 12.8 Å². The highest BCUT2D eigenvalue weighted by Crippen LogP contribution is 2.27. The van der Waals surface area contributed by atoms with Crippen LogP contribution < -0.4 is 0 Å². The van der Waals surface area contributed by atoms with Gasteiger partial charge in [-0.1, -0.05) is 33.6 Å². The third kappa shape index (κ3) is 3.41. The van der Waals surface area contributed by atoms with Gasteiger partial charge < -0.3 is 4.90 Å². The first-order valence-corrected chi connectivity index (χ1v) is 6.89. The van der Waals surface area contributed by atoms with E-state index < -0.39 is 0 Å². The third-order valence-electron chi connectivity index (χ3n) is 3.69. The average Bonchev–Trinajstić information content (AvgIpc) is 2.26. The Balaban J connectivity index is 2.55. The molecule has 3 unspecified atom stereocenters. The lowest BCUT2D eigenvalue weighted by Crippen LogP contribution is -2.44. The lowest BCUT2D eigenvalue weighted by molar-refractivity contribution is -0.132. The molecule has 1 fully saturated rings. The molecule has 0 aromatic carbocycles. The predicted molar refractivity (Wildman–Crippen MR) is 71.8 cm³/mol. The Labute approximate surface area is 105 Å². The van der Waals surface area contributed by atoms with E-state index in [4.69, 9.17) is 0 Å². The molecule has 1 aliphatic rings. The Morgan fingerprint density at radius 2 is 2.00 bits per heavy atom. The third-order valence-corrected chi connectivity index (χ3v) is 4.51. The normalized spacial score (nSPS) is 27.9.